The number of benzene rings is 1. The van der Waals surface area contributed by atoms with Crippen molar-refractivity contribution in [3.05, 3.63) is 50.9 Å². The first-order valence-corrected chi connectivity index (χ1v) is 9.28. The van der Waals surface area contributed by atoms with Gasteiger partial charge in [0.1, 0.15) is 5.01 Å². The van der Waals surface area contributed by atoms with Gasteiger partial charge in [-0.25, -0.2) is 4.98 Å². The lowest BCUT2D eigenvalue weighted by molar-refractivity contribution is 0.570. The van der Waals surface area contributed by atoms with Crippen LogP contribution >= 0.6 is 22.9 Å². The first-order valence-electron chi connectivity index (χ1n) is 8.03. The van der Waals surface area contributed by atoms with Crippen molar-refractivity contribution in [1.29, 1.82) is 0 Å². The highest BCUT2D eigenvalue weighted by atomic mass is 35.5. The van der Waals surface area contributed by atoms with Crippen LogP contribution in [-0.2, 0) is 18.4 Å². The molecule has 0 radical (unpaired) electrons. The molecule has 0 saturated carbocycles. The number of hydrogen-bond donors (Lipinski definition) is 2. The largest absolute Gasteiger partial charge is 0.356 e. The lowest BCUT2D eigenvalue weighted by Crippen LogP contribution is -2.37. The maximum atomic E-state index is 6.17. The van der Waals surface area contributed by atoms with E-state index in [1.807, 2.05) is 24.3 Å². The van der Waals surface area contributed by atoms with Crippen LogP contribution in [0.15, 0.2) is 34.6 Å². The van der Waals surface area contributed by atoms with Crippen LogP contribution in [0.2, 0.25) is 5.02 Å². The summed E-state index contributed by atoms with van der Waals surface area (Å²) in [7, 11) is 1.77. The van der Waals surface area contributed by atoms with Gasteiger partial charge in [-0.15, -0.1) is 11.3 Å². The number of thiazole rings is 1. The fraction of sp³-hybridized carbons (Fsp3) is 0.444. The lowest BCUT2D eigenvalue weighted by atomic mass is 9.93. The number of guanidine groups is 1. The van der Waals surface area contributed by atoms with Gasteiger partial charge in [-0.2, -0.15) is 0 Å². The van der Waals surface area contributed by atoms with E-state index >= 15 is 0 Å². The molecule has 0 saturated heterocycles. The topological polar surface area (TPSA) is 49.3 Å². The first kappa shape index (κ1) is 18.7. The highest BCUT2D eigenvalue weighted by Gasteiger charge is 2.17. The van der Waals surface area contributed by atoms with Crippen LogP contribution in [0.25, 0.3) is 0 Å². The zero-order valence-corrected chi connectivity index (χ0v) is 16.3. The Morgan fingerprint density at radius 2 is 2.00 bits per heavy atom. The summed E-state index contributed by atoms with van der Waals surface area (Å²) in [6, 6.07) is 7.91. The number of nitrogens with zero attached hydrogens (tertiary/aromatic N) is 2. The Morgan fingerprint density at radius 1 is 1.25 bits per heavy atom. The zero-order chi connectivity index (χ0) is 17.6. The number of nitrogens with one attached hydrogen (secondary N) is 2. The van der Waals surface area contributed by atoms with E-state index in [0.29, 0.717) is 6.54 Å². The van der Waals surface area contributed by atoms with E-state index in [2.05, 4.69) is 46.8 Å². The molecule has 6 heteroatoms. The van der Waals surface area contributed by atoms with Crippen molar-refractivity contribution in [3.8, 4) is 0 Å². The summed E-state index contributed by atoms with van der Waals surface area (Å²) >= 11 is 7.85. The van der Waals surface area contributed by atoms with Crippen LogP contribution in [0.3, 0.4) is 0 Å². The molecule has 4 nitrogen and oxygen atoms in total. The molecule has 0 bridgehead atoms. The summed E-state index contributed by atoms with van der Waals surface area (Å²) in [5.41, 5.74) is 2.35. The van der Waals surface area contributed by atoms with E-state index in [-0.39, 0.29) is 5.41 Å². The molecular weight excluding hydrogens is 340 g/mol. The monoisotopic (exact) mass is 364 g/mol. The van der Waals surface area contributed by atoms with Crippen LogP contribution in [0.5, 0.6) is 0 Å². The highest BCUT2D eigenvalue weighted by molar-refractivity contribution is 7.09. The van der Waals surface area contributed by atoms with E-state index in [1.54, 1.807) is 18.4 Å². The second-order valence-corrected chi connectivity index (χ2v) is 7.92. The number of hydrogen-bond acceptors (Lipinski definition) is 3. The van der Waals surface area contributed by atoms with Gasteiger partial charge in [-0.05, 0) is 18.1 Å². The number of aromatic nitrogens is 1. The molecule has 0 atom stereocenters. The number of aliphatic imine (C=N–C) groups is 1. The van der Waals surface area contributed by atoms with E-state index in [0.717, 1.165) is 40.2 Å². The fourth-order valence-electron chi connectivity index (χ4n) is 2.13. The van der Waals surface area contributed by atoms with Crippen molar-refractivity contribution in [2.75, 3.05) is 13.6 Å². The van der Waals surface area contributed by atoms with Gasteiger partial charge in [0.25, 0.3) is 0 Å². The van der Waals surface area contributed by atoms with Gasteiger partial charge in [0.15, 0.2) is 5.96 Å². The lowest BCUT2D eigenvalue weighted by Gasteiger charge is -2.14. The molecule has 1 aromatic heterocycles. The van der Waals surface area contributed by atoms with Crippen molar-refractivity contribution in [2.45, 2.75) is 39.2 Å². The Bertz CT molecular complexity index is 688. The third-order valence-electron chi connectivity index (χ3n) is 3.60. The predicted octanol–water partition coefficient (Wildman–Crippen LogP) is 4.00. The van der Waals surface area contributed by atoms with Crippen molar-refractivity contribution in [2.24, 2.45) is 4.99 Å². The van der Waals surface area contributed by atoms with Gasteiger partial charge in [0.05, 0.1) is 12.2 Å². The quantitative estimate of drug-likeness (QED) is 0.622. The van der Waals surface area contributed by atoms with Crippen molar-refractivity contribution >= 4 is 28.9 Å². The molecule has 2 N–H and O–H groups in total. The summed E-state index contributed by atoms with van der Waals surface area (Å²) in [6.07, 6.45) is 0.853. The molecule has 130 valence electrons. The van der Waals surface area contributed by atoms with Crippen LogP contribution in [0, 0.1) is 0 Å². The van der Waals surface area contributed by atoms with E-state index in [1.165, 1.54) is 0 Å². The zero-order valence-electron chi connectivity index (χ0n) is 14.7. The predicted molar refractivity (Wildman–Crippen MR) is 104 cm³/mol. The van der Waals surface area contributed by atoms with Gasteiger partial charge < -0.3 is 10.6 Å². The third kappa shape index (κ3) is 5.49. The molecule has 0 amide bonds. The molecule has 1 heterocycles. The highest BCUT2D eigenvalue weighted by Crippen LogP contribution is 2.23. The molecule has 2 rings (SSSR count). The van der Waals surface area contributed by atoms with Gasteiger partial charge >= 0.3 is 0 Å². The summed E-state index contributed by atoms with van der Waals surface area (Å²) in [5.74, 6) is 0.773. The number of halogens is 1. The molecule has 0 aliphatic carbocycles. The molecule has 0 aliphatic rings. The summed E-state index contributed by atoms with van der Waals surface area (Å²) < 4.78 is 0. The Kier molecular flexibility index (Phi) is 6.63. The Balaban J connectivity index is 1.80. The van der Waals surface area contributed by atoms with Crippen molar-refractivity contribution in [1.82, 2.24) is 15.6 Å². The van der Waals surface area contributed by atoms with Crippen LogP contribution in [0.4, 0.5) is 0 Å². The molecule has 0 fully saturated rings. The third-order valence-corrected chi connectivity index (χ3v) is 4.81. The molecule has 0 aliphatic heterocycles. The van der Waals surface area contributed by atoms with Gasteiger partial charge in [-0.1, -0.05) is 50.6 Å². The summed E-state index contributed by atoms with van der Waals surface area (Å²) in [5, 5.41) is 10.6. The van der Waals surface area contributed by atoms with Gasteiger partial charge in [0, 0.05) is 29.4 Å². The van der Waals surface area contributed by atoms with Crippen molar-refractivity contribution in [3.63, 3.8) is 0 Å². The van der Waals surface area contributed by atoms with Crippen LogP contribution in [-0.4, -0.2) is 24.5 Å². The van der Waals surface area contributed by atoms with E-state index < -0.39 is 0 Å². The van der Waals surface area contributed by atoms with Crippen molar-refractivity contribution < 1.29 is 0 Å². The Hall–Kier alpha value is -1.59. The molecule has 0 unspecified atom stereocenters. The Labute approximate surface area is 153 Å². The van der Waals surface area contributed by atoms with Gasteiger partial charge in [0.2, 0.25) is 0 Å². The summed E-state index contributed by atoms with van der Waals surface area (Å²) in [6.45, 7) is 7.97. The molecule has 1 aromatic carbocycles. The number of rotatable bonds is 5. The maximum Gasteiger partial charge on any atom is 0.191 e. The Morgan fingerprint density at radius 3 is 2.62 bits per heavy atom. The second kappa shape index (κ2) is 8.49. The van der Waals surface area contributed by atoms with E-state index in [4.69, 9.17) is 11.6 Å². The summed E-state index contributed by atoms with van der Waals surface area (Å²) in [4.78, 5) is 8.93. The van der Waals surface area contributed by atoms with E-state index in [9.17, 15) is 0 Å². The average Bonchev–Trinajstić information content (AvgIpc) is 3.01. The smallest absolute Gasteiger partial charge is 0.191 e. The average molecular weight is 365 g/mol. The second-order valence-electron chi connectivity index (χ2n) is 6.57. The maximum absolute atomic E-state index is 6.17. The van der Waals surface area contributed by atoms with Crippen LogP contribution in [0.1, 0.15) is 37.0 Å². The van der Waals surface area contributed by atoms with Crippen LogP contribution < -0.4 is 10.6 Å². The SMILES string of the molecule is CN=C(NCCc1ccccc1Cl)NCc1nc(C(C)(C)C)cs1. The minimum Gasteiger partial charge on any atom is -0.356 e. The van der Waals surface area contributed by atoms with Gasteiger partial charge in [-0.3, -0.25) is 4.99 Å². The molecular formula is C18H25ClN4S. The minimum absolute atomic E-state index is 0.0869. The molecule has 24 heavy (non-hydrogen) atoms. The normalized spacial score (nSPS) is 12.3. The first-order chi connectivity index (χ1) is 11.4. The molecule has 0 spiro atoms. The molecule has 2 aromatic rings. The fourth-order valence-corrected chi connectivity index (χ4v) is 3.32. The minimum atomic E-state index is 0.0869. The standard InChI is InChI=1S/C18H25ClN4S/c1-18(2,3)15-12-24-16(23-15)11-22-17(20-4)21-10-9-13-7-5-6-8-14(13)19/h5-8,12H,9-11H2,1-4H3,(H2,20,21,22).